The highest BCUT2D eigenvalue weighted by molar-refractivity contribution is 8.00. The SMILES string of the molecule is Cc1ccc(C(Sc2ccccc2)(c2ccccc2)c2ccccc2)cc1. The summed E-state index contributed by atoms with van der Waals surface area (Å²) in [6.45, 7) is 2.14. The molecule has 0 spiro atoms. The molecule has 4 aromatic rings. The van der Waals surface area contributed by atoms with Crippen LogP contribution in [0.2, 0.25) is 0 Å². The molecule has 0 unspecified atom stereocenters. The van der Waals surface area contributed by atoms with Crippen LogP contribution >= 0.6 is 11.8 Å². The van der Waals surface area contributed by atoms with Gasteiger partial charge in [0.2, 0.25) is 0 Å². The number of benzene rings is 4. The van der Waals surface area contributed by atoms with E-state index in [9.17, 15) is 0 Å². The van der Waals surface area contributed by atoms with E-state index in [1.54, 1.807) is 0 Å². The Morgan fingerprint density at radius 3 is 1.37 bits per heavy atom. The molecule has 0 fully saturated rings. The molecule has 0 nitrogen and oxygen atoms in total. The molecule has 0 N–H and O–H groups in total. The minimum Gasteiger partial charge on any atom is -0.105 e. The molecule has 132 valence electrons. The summed E-state index contributed by atoms with van der Waals surface area (Å²) < 4.78 is -0.308. The van der Waals surface area contributed by atoms with Crippen molar-refractivity contribution in [2.24, 2.45) is 0 Å². The molecular weight excluding hydrogens is 344 g/mol. The van der Waals surface area contributed by atoms with Crippen molar-refractivity contribution >= 4 is 11.8 Å². The van der Waals surface area contributed by atoms with Crippen molar-refractivity contribution in [3.05, 3.63) is 138 Å². The van der Waals surface area contributed by atoms with Gasteiger partial charge in [0, 0.05) is 4.90 Å². The first kappa shape index (κ1) is 17.6. The average molecular weight is 367 g/mol. The van der Waals surface area contributed by atoms with E-state index in [-0.39, 0.29) is 4.75 Å². The molecule has 27 heavy (non-hydrogen) atoms. The molecule has 0 radical (unpaired) electrons. The predicted molar refractivity (Wildman–Crippen MR) is 116 cm³/mol. The van der Waals surface area contributed by atoms with Gasteiger partial charge in [0.1, 0.15) is 0 Å². The summed E-state index contributed by atoms with van der Waals surface area (Å²) in [5, 5.41) is 0. The Hall–Kier alpha value is -2.77. The number of aryl methyl sites for hydroxylation is 1. The van der Waals surface area contributed by atoms with Crippen molar-refractivity contribution in [2.75, 3.05) is 0 Å². The summed E-state index contributed by atoms with van der Waals surface area (Å²) in [4.78, 5) is 1.26. The molecule has 0 saturated carbocycles. The first-order valence-corrected chi connectivity index (χ1v) is 10.0. The first-order valence-electron chi connectivity index (χ1n) is 9.21. The summed E-state index contributed by atoms with van der Waals surface area (Å²) in [5.41, 5.74) is 5.14. The molecule has 4 rings (SSSR count). The van der Waals surface area contributed by atoms with Crippen molar-refractivity contribution in [2.45, 2.75) is 16.6 Å². The Morgan fingerprint density at radius 2 is 0.889 bits per heavy atom. The fourth-order valence-corrected chi connectivity index (χ4v) is 4.88. The van der Waals surface area contributed by atoms with Gasteiger partial charge < -0.3 is 0 Å². The van der Waals surface area contributed by atoms with E-state index in [0.717, 1.165) is 0 Å². The zero-order valence-corrected chi connectivity index (χ0v) is 16.2. The van der Waals surface area contributed by atoms with Gasteiger partial charge in [-0.2, -0.15) is 0 Å². The van der Waals surface area contributed by atoms with E-state index in [1.807, 2.05) is 11.8 Å². The number of hydrogen-bond donors (Lipinski definition) is 0. The summed E-state index contributed by atoms with van der Waals surface area (Å²) in [6, 6.07) is 41.3. The normalized spacial score (nSPS) is 11.3. The van der Waals surface area contributed by atoms with Crippen LogP contribution in [-0.4, -0.2) is 0 Å². The molecule has 0 heterocycles. The first-order chi connectivity index (χ1) is 13.3. The van der Waals surface area contributed by atoms with Crippen molar-refractivity contribution in [1.29, 1.82) is 0 Å². The van der Waals surface area contributed by atoms with E-state index in [1.165, 1.54) is 27.1 Å². The molecule has 0 amide bonds. The molecule has 0 aromatic heterocycles. The lowest BCUT2D eigenvalue weighted by Crippen LogP contribution is -2.25. The van der Waals surface area contributed by atoms with Gasteiger partial charge in [0.15, 0.2) is 0 Å². The van der Waals surface area contributed by atoms with Gasteiger partial charge in [-0.1, -0.05) is 109 Å². The second kappa shape index (κ2) is 7.85. The lowest BCUT2D eigenvalue weighted by Gasteiger charge is -2.35. The van der Waals surface area contributed by atoms with Crippen LogP contribution in [0.5, 0.6) is 0 Å². The second-order valence-electron chi connectivity index (χ2n) is 6.69. The topological polar surface area (TPSA) is 0 Å². The maximum absolute atomic E-state index is 2.27. The molecule has 0 saturated heterocycles. The zero-order valence-electron chi connectivity index (χ0n) is 15.4. The van der Waals surface area contributed by atoms with Crippen LogP contribution in [0.3, 0.4) is 0 Å². The van der Waals surface area contributed by atoms with E-state index in [4.69, 9.17) is 0 Å². The summed E-state index contributed by atoms with van der Waals surface area (Å²) in [5.74, 6) is 0. The molecule has 0 aliphatic rings. The Morgan fingerprint density at radius 1 is 0.481 bits per heavy atom. The molecule has 0 aliphatic heterocycles. The minimum atomic E-state index is -0.308. The van der Waals surface area contributed by atoms with Crippen LogP contribution in [0.4, 0.5) is 0 Å². The lowest BCUT2D eigenvalue weighted by atomic mass is 9.84. The quantitative estimate of drug-likeness (QED) is 0.269. The largest absolute Gasteiger partial charge is 0.105 e. The van der Waals surface area contributed by atoms with Crippen LogP contribution in [-0.2, 0) is 4.75 Å². The summed E-state index contributed by atoms with van der Waals surface area (Å²) in [7, 11) is 0. The Kier molecular flexibility index (Phi) is 5.13. The molecule has 1 heteroatoms. The Bertz CT molecular complexity index is 935. The highest BCUT2D eigenvalue weighted by atomic mass is 32.2. The summed E-state index contributed by atoms with van der Waals surface area (Å²) in [6.07, 6.45) is 0. The van der Waals surface area contributed by atoms with Gasteiger partial charge in [-0.15, -0.1) is 11.8 Å². The van der Waals surface area contributed by atoms with Crippen molar-refractivity contribution in [3.63, 3.8) is 0 Å². The smallest absolute Gasteiger partial charge is 0.0954 e. The van der Waals surface area contributed by atoms with E-state index >= 15 is 0 Å². The highest BCUT2D eigenvalue weighted by Gasteiger charge is 2.37. The van der Waals surface area contributed by atoms with Crippen molar-refractivity contribution < 1.29 is 0 Å². The zero-order chi connectivity index (χ0) is 18.5. The maximum atomic E-state index is 2.27. The highest BCUT2D eigenvalue weighted by Crippen LogP contribution is 2.51. The Balaban J connectivity index is 2.00. The van der Waals surface area contributed by atoms with Gasteiger partial charge in [-0.05, 0) is 35.7 Å². The van der Waals surface area contributed by atoms with E-state index < -0.39 is 0 Å². The van der Waals surface area contributed by atoms with Gasteiger partial charge in [-0.25, -0.2) is 0 Å². The molecule has 0 aliphatic carbocycles. The predicted octanol–water partition coefficient (Wildman–Crippen LogP) is 7.08. The molecular formula is C26H22S. The fraction of sp³-hybridized carbons (Fsp3) is 0.0769. The van der Waals surface area contributed by atoms with Crippen molar-refractivity contribution in [1.82, 2.24) is 0 Å². The van der Waals surface area contributed by atoms with Crippen molar-refractivity contribution in [3.8, 4) is 0 Å². The number of rotatable bonds is 5. The summed E-state index contributed by atoms with van der Waals surface area (Å²) >= 11 is 1.90. The van der Waals surface area contributed by atoms with Gasteiger partial charge in [0.25, 0.3) is 0 Å². The molecule has 4 aromatic carbocycles. The van der Waals surface area contributed by atoms with Gasteiger partial charge >= 0.3 is 0 Å². The van der Waals surface area contributed by atoms with E-state index in [0.29, 0.717) is 0 Å². The Labute approximate surface area is 165 Å². The number of thioether (sulfide) groups is 1. The third kappa shape index (κ3) is 3.56. The third-order valence-electron chi connectivity index (χ3n) is 4.83. The lowest BCUT2D eigenvalue weighted by molar-refractivity contribution is 0.893. The molecule has 0 atom stereocenters. The van der Waals surface area contributed by atoms with Gasteiger partial charge in [0.05, 0.1) is 4.75 Å². The van der Waals surface area contributed by atoms with E-state index in [2.05, 4.69) is 122 Å². The van der Waals surface area contributed by atoms with Crippen LogP contribution in [0, 0.1) is 6.92 Å². The standard InChI is InChI=1S/C26H22S/c1-21-17-19-24(20-18-21)26(22-11-5-2-6-12-22,23-13-7-3-8-14-23)27-25-15-9-4-10-16-25/h2-20H,1H3. The van der Waals surface area contributed by atoms with Crippen LogP contribution < -0.4 is 0 Å². The van der Waals surface area contributed by atoms with Crippen LogP contribution in [0.25, 0.3) is 0 Å². The second-order valence-corrected chi connectivity index (χ2v) is 7.98. The van der Waals surface area contributed by atoms with Crippen LogP contribution in [0.1, 0.15) is 22.3 Å². The molecule has 0 bridgehead atoms. The fourth-order valence-electron chi connectivity index (χ4n) is 3.48. The monoisotopic (exact) mass is 366 g/mol. The maximum Gasteiger partial charge on any atom is 0.0954 e. The third-order valence-corrected chi connectivity index (χ3v) is 6.35. The average Bonchev–Trinajstić information content (AvgIpc) is 2.75. The van der Waals surface area contributed by atoms with Crippen LogP contribution in [0.15, 0.2) is 120 Å². The number of hydrogen-bond acceptors (Lipinski definition) is 1. The van der Waals surface area contributed by atoms with Gasteiger partial charge in [-0.3, -0.25) is 0 Å². The minimum absolute atomic E-state index is 0.308.